The number of carboxylic acid groups (broad SMARTS) is 1. The molecule has 1 rings (SSSR count). The highest BCUT2D eigenvalue weighted by atomic mass is 16.4. The number of amides is 1. The van der Waals surface area contributed by atoms with E-state index in [1.54, 1.807) is 12.1 Å². The van der Waals surface area contributed by atoms with Gasteiger partial charge in [0.05, 0.1) is 5.56 Å². The monoisotopic (exact) mass is 203 g/mol. The fraction of sp³-hybridized carbons (Fsp3) is 0.0909. The van der Waals surface area contributed by atoms with Gasteiger partial charge in [-0.1, -0.05) is 12.1 Å². The average Bonchev–Trinajstić information content (AvgIpc) is 2.26. The number of hydrogen-bond donors (Lipinski definition) is 2. The van der Waals surface area contributed by atoms with Crippen LogP contribution in [0.5, 0.6) is 0 Å². The predicted octanol–water partition coefficient (Wildman–Crippen LogP) is 0.634. The van der Waals surface area contributed by atoms with Gasteiger partial charge in [0, 0.05) is 6.54 Å². The molecule has 15 heavy (non-hydrogen) atoms. The number of carboxylic acids is 1. The Bertz CT molecular complexity index is 414. The summed E-state index contributed by atoms with van der Waals surface area (Å²) in [6, 6.07) is 6.19. The van der Waals surface area contributed by atoms with Crippen LogP contribution in [0, 0.1) is 12.3 Å². The van der Waals surface area contributed by atoms with Crippen LogP contribution in [0.3, 0.4) is 0 Å². The molecule has 0 saturated carbocycles. The summed E-state index contributed by atoms with van der Waals surface area (Å²) in [6.45, 7) is 0.295. The second-order valence-electron chi connectivity index (χ2n) is 2.83. The number of hydrogen-bond acceptors (Lipinski definition) is 2. The predicted molar refractivity (Wildman–Crippen MR) is 54.1 cm³/mol. The van der Waals surface area contributed by atoms with E-state index in [4.69, 9.17) is 11.5 Å². The summed E-state index contributed by atoms with van der Waals surface area (Å²) in [7, 11) is 0. The minimum atomic E-state index is -0.978. The molecule has 0 spiro atoms. The van der Waals surface area contributed by atoms with E-state index in [0.717, 1.165) is 5.56 Å². The van der Waals surface area contributed by atoms with Crippen molar-refractivity contribution in [3.05, 3.63) is 35.4 Å². The van der Waals surface area contributed by atoms with Crippen molar-refractivity contribution in [1.29, 1.82) is 0 Å². The molecule has 2 N–H and O–H groups in total. The first-order valence-corrected chi connectivity index (χ1v) is 4.20. The first-order valence-electron chi connectivity index (χ1n) is 4.20. The van der Waals surface area contributed by atoms with Crippen molar-refractivity contribution >= 4 is 11.9 Å². The molecule has 0 unspecified atom stereocenters. The van der Waals surface area contributed by atoms with Gasteiger partial charge >= 0.3 is 5.97 Å². The van der Waals surface area contributed by atoms with Crippen LogP contribution >= 0.6 is 0 Å². The van der Waals surface area contributed by atoms with E-state index in [1.165, 1.54) is 12.1 Å². The average molecular weight is 203 g/mol. The fourth-order valence-corrected chi connectivity index (χ4v) is 0.999. The highest BCUT2D eigenvalue weighted by Gasteiger charge is 2.01. The van der Waals surface area contributed by atoms with Crippen LogP contribution in [0.4, 0.5) is 0 Å². The van der Waals surface area contributed by atoms with Crippen LogP contribution in [0.2, 0.25) is 0 Å². The minimum absolute atomic E-state index is 0.210. The highest BCUT2D eigenvalue weighted by molar-refractivity contribution is 5.92. The van der Waals surface area contributed by atoms with Crippen molar-refractivity contribution in [2.24, 2.45) is 0 Å². The molecule has 0 radical (unpaired) electrons. The summed E-state index contributed by atoms with van der Waals surface area (Å²) in [5, 5.41) is 11.1. The summed E-state index contributed by atoms with van der Waals surface area (Å²) in [5.41, 5.74) is 1.01. The lowest BCUT2D eigenvalue weighted by Gasteiger charge is -2.01. The van der Waals surface area contributed by atoms with E-state index in [0.29, 0.717) is 6.54 Å². The van der Waals surface area contributed by atoms with Crippen molar-refractivity contribution < 1.29 is 14.7 Å². The van der Waals surface area contributed by atoms with Gasteiger partial charge in [0.25, 0.3) is 5.91 Å². The number of benzene rings is 1. The lowest BCUT2D eigenvalue weighted by molar-refractivity contribution is -0.115. The summed E-state index contributed by atoms with van der Waals surface area (Å²) < 4.78 is 0. The zero-order valence-electron chi connectivity index (χ0n) is 7.86. The molecular weight excluding hydrogens is 194 g/mol. The van der Waals surface area contributed by atoms with Gasteiger partial charge in [0.1, 0.15) is 0 Å². The third-order valence-corrected chi connectivity index (χ3v) is 1.79. The molecule has 0 aromatic heterocycles. The third-order valence-electron chi connectivity index (χ3n) is 1.79. The molecule has 0 bridgehead atoms. The molecule has 0 fully saturated rings. The van der Waals surface area contributed by atoms with Gasteiger partial charge < -0.3 is 10.4 Å². The quantitative estimate of drug-likeness (QED) is 0.708. The Morgan fingerprint density at radius 1 is 1.33 bits per heavy atom. The minimum Gasteiger partial charge on any atom is -0.478 e. The second kappa shape index (κ2) is 4.82. The molecule has 0 saturated heterocycles. The van der Waals surface area contributed by atoms with Crippen molar-refractivity contribution in [3.8, 4) is 12.3 Å². The number of carbonyl (C=O) groups is 2. The lowest BCUT2D eigenvalue weighted by Crippen LogP contribution is -2.20. The summed E-state index contributed by atoms with van der Waals surface area (Å²) in [5.74, 6) is 0.454. The second-order valence-corrected chi connectivity index (χ2v) is 2.83. The molecule has 0 aliphatic carbocycles. The molecule has 1 aromatic rings. The van der Waals surface area contributed by atoms with Crippen LogP contribution < -0.4 is 5.32 Å². The Hall–Kier alpha value is -2.28. The molecular formula is C11H9NO3. The summed E-state index contributed by atoms with van der Waals surface area (Å²) in [4.78, 5) is 21.2. The highest BCUT2D eigenvalue weighted by Crippen LogP contribution is 2.03. The van der Waals surface area contributed by atoms with Crippen molar-refractivity contribution in [2.75, 3.05) is 0 Å². The fourth-order valence-electron chi connectivity index (χ4n) is 0.999. The van der Waals surface area contributed by atoms with Gasteiger partial charge in [-0.3, -0.25) is 4.79 Å². The van der Waals surface area contributed by atoms with Gasteiger partial charge in [-0.05, 0) is 23.6 Å². The maximum atomic E-state index is 10.7. The summed E-state index contributed by atoms with van der Waals surface area (Å²) >= 11 is 0. The Morgan fingerprint density at radius 2 is 1.93 bits per heavy atom. The van der Waals surface area contributed by atoms with E-state index in [-0.39, 0.29) is 5.56 Å². The number of rotatable bonds is 3. The molecule has 1 amide bonds. The zero-order valence-corrected chi connectivity index (χ0v) is 7.86. The van der Waals surface area contributed by atoms with Crippen LogP contribution in [-0.4, -0.2) is 17.0 Å². The normalized spacial score (nSPS) is 9.00. The topological polar surface area (TPSA) is 66.4 Å². The number of aromatic carboxylic acids is 1. The van der Waals surface area contributed by atoms with Gasteiger partial charge in [-0.2, -0.15) is 0 Å². The first kappa shape index (κ1) is 10.8. The van der Waals surface area contributed by atoms with E-state index in [1.807, 2.05) is 5.92 Å². The zero-order chi connectivity index (χ0) is 11.3. The third kappa shape index (κ3) is 3.16. The van der Waals surface area contributed by atoms with Gasteiger partial charge in [-0.15, -0.1) is 6.42 Å². The SMILES string of the molecule is C#CC(=O)NCc1ccc(C(=O)O)cc1. The maximum Gasteiger partial charge on any atom is 0.335 e. The van der Waals surface area contributed by atoms with E-state index < -0.39 is 11.9 Å². The summed E-state index contributed by atoms with van der Waals surface area (Å²) in [6.07, 6.45) is 4.86. The van der Waals surface area contributed by atoms with E-state index in [2.05, 4.69) is 5.32 Å². The van der Waals surface area contributed by atoms with E-state index >= 15 is 0 Å². The lowest BCUT2D eigenvalue weighted by atomic mass is 10.1. The number of carbonyl (C=O) groups excluding carboxylic acids is 1. The van der Waals surface area contributed by atoms with Gasteiger partial charge in [0.15, 0.2) is 0 Å². The molecule has 0 heterocycles. The first-order chi connectivity index (χ1) is 7.13. The van der Waals surface area contributed by atoms with Crippen LogP contribution in [0.1, 0.15) is 15.9 Å². The smallest absolute Gasteiger partial charge is 0.335 e. The number of nitrogens with one attached hydrogen (secondary N) is 1. The molecule has 0 aliphatic rings. The van der Waals surface area contributed by atoms with Gasteiger partial charge in [0.2, 0.25) is 0 Å². The van der Waals surface area contributed by atoms with Crippen molar-refractivity contribution in [2.45, 2.75) is 6.54 Å². The molecule has 0 atom stereocenters. The van der Waals surface area contributed by atoms with Crippen LogP contribution in [0.25, 0.3) is 0 Å². The molecule has 1 aromatic carbocycles. The molecule has 76 valence electrons. The molecule has 0 aliphatic heterocycles. The number of terminal acetylenes is 1. The molecule has 4 heteroatoms. The standard InChI is InChI=1S/C11H9NO3/c1-2-10(13)12-7-8-3-5-9(6-4-8)11(14)15/h1,3-6H,7H2,(H,12,13)(H,14,15). The van der Waals surface area contributed by atoms with Crippen LogP contribution in [-0.2, 0) is 11.3 Å². The van der Waals surface area contributed by atoms with Crippen molar-refractivity contribution in [3.63, 3.8) is 0 Å². The Morgan fingerprint density at radius 3 is 2.40 bits per heavy atom. The van der Waals surface area contributed by atoms with Crippen molar-refractivity contribution in [1.82, 2.24) is 5.32 Å². The molecule has 4 nitrogen and oxygen atoms in total. The Balaban J connectivity index is 2.62. The maximum absolute atomic E-state index is 10.7. The Labute approximate surface area is 86.9 Å². The Kier molecular flexibility index (Phi) is 3.47. The van der Waals surface area contributed by atoms with Crippen LogP contribution in [0.15, 0.2) is 24.3 Å². The van der Waals surface area contributed by atoms with E-state index in [9.17, 15) is 9.59 Å². The largest absolute Gasteiger partial charge is 0.478 e. The van der Waals surface area contributed by atoms with Gasteiger partial charge in [-0.25, -0.2) is 4.79 Å².